The number of H-pyrrole nitrogens is 1. The summed E-state index contributed by atoms with van der Waals surface area (Å²) in [4.78, 5) is 20.4. The van der Waals surface area contributed by atoms with Gasteiger partial charge in [0, 0.05) is 49.2 Å². The first kappa shape index (κ1) is 28.7. The Balaban J connectivity index is 0.936. The van der Waals surface area contributed by atoms with Crippen LogP contribution in [0, 0.1) is 11.6 Å². The summed E-state index contributed by atoms with van der Waals surface area (Å²) in [6, 6.07) is 19.0. The first-order valence-electron chi connectivity index (χ1n) is 14.5. The molecular weight excluding hydrogens is 586 g/mol. The Labute approximate surface area is 256 Å². The minimum atomic E-state index is -1.51. The Bertz CT molecular complexity index is 1790. The van der Waals surface area contributed by atoms with Crippen molar-refractivity contribution >= 4 is 11.4 Å². The highest BCUT2D eigenvalue weighted by atomic mass is 19.1. The maximum Gasteiger partial charge on any atom is 0.347 e. The van der Waals surface area contributed by atoms with Gasteiger partial charge < -0.3 is 24.0 Å². The minimum Gasteiger partial charge on any atom is -0.491 e. The molecule has 2 saturated heterocycles. The van der Waals surface area contributed by atoms with Gasteiger partial charge in [0.25, 0.3) is 0 Å². The van der Waals surface area contributed by atoms with Gasteiger partial charge in [0.1, 0.15) is 55.6 Å². The molecule has 0 aliphatic carbocycles. The fourth-order valence-corrected chi connectivity index (χ4v) is 5.70. The molecular formula is C31H30F2N8O4. The van der Waals surface area contributed by atoms with Crippen LogP contribution in [0.5, 0.6) is 5.75 Å². The number of nitrogens with zero attached hydrogens (tertiary/aromatic N) is 7. The largest absolute Gasteiger partial charge is 0.491 e. The normalized spacial score (nSPS) is 20.1. The second kappa shape index (κ2) is 12.1. The van der Waals surface area contributed by atoms with Crippen molar-refractivity contribution in [2.24, 2.45) is 0 Å². The van der Waals surface area contributed by atoms with Crippen molar-refractivity contribution < 1.29 is 23.0 Å². The molecule has 2 atom stereocenters. The third-order valence-electron chi connectivity index (χ3n) is 8.00. The number of rotatable bonds is 9. The predicted octanol–water partition coefficient (Wildman–Crippen LogP) is 3.10. The number of anilines is 2. The smallest absolute Gasteiger partial charge is 0.347 e. The lowest BCUT2D eigenvalue weighted by molar-refractivity contribution is -0.192. The van der Waals surface area contributed by atoms with Gasteiger partial charge in [-0.05, 0) is 60.7 Å². The predicted molar refractivity (Wildman–Crippen MR) is 159 cm³/mol. The maximum atomic E-state index is 14.8. The average molecular weight is 617 g/mol. The van der Waals surface area contributed by atoms with E-state index in [1.807, 2.05) is 48.5 Å². The fraction of sp³-hybridized carbons (Fsp3) is 0.290. The lowest BCUT2D eigenvalue weighted by Gasteiger charge is -2.37. The van der Waals surface area contributed by atoms with E-state index in [4.69, 9.17) is 14.2 Å². The number of hydrogen-bond acceptors (Lipinski definition) is 9. The van der Waals surface area contributed by atoms with Gasteiger partial charge in [0.2, 0.25) is 5.79 Å². The van der Waals surface area contributed by atoms with Crippen LogP contribution in [0.2, 0.25) is 0 Å². The summed E-state index contributed by atoms with van der Waals surface area (Å²) in [7, 11) is 0. The van der Waals surface area contributed by atoms with E-state index in [9.17, 15) is 13.6 Å². The van der Waals surface area contributed by atoms with Gasteiger partial charge in [0.05, 0.1) is 12.3 Å². The van der Waals surface area contributed by atoms with Crippen LogP contribution in [0.3, 0.4) is 0 Å². The van der Waals surface area contributed by atoms with Crippen LogP contribution in [0.1, 0.15) is 5.56 Å². The molecule has 0 saturated carbocycles. The lowest BCUT2D eigenvalue weighted by atomic mass is 10.0. The third kappa shape index (κ3) is 6.01. The highest BCUT2D eigenvalue weighted by molar-refractivity contribution is 5.54. The Kier molecular flexibility index (Phi) is 7.73. The van der Waals surface area contributed by atoms with Gasteiger partial charge in [-0.2, -0.15) is 10.2 Å². The molecule has 7 rings (SSSR count). The molecule has 0 radical (unpaired) electrons. The molecule has 3 aromatic carbocycles. The Morgan fingerprint density at radius 2 is 1.60 bits per heavy atom. The SMILES string of the molecule is O=c1[nH]ncn1-c1ccc(N2CCN(c3ccc(OCC4COC(Cn5cncn5)(c5ccc(F)cc5F)O4)cc3)CC2)cc1. The number of aromatic nitrogens is 6. The number of ether oxygens (including phenoxy) is 3. The maximum absolute atomic E-state index is 14.8. The van der Waals surface area contributed by atoms with Crippen LogP contribution < -0.4 is 20.2 Å². The van der Waals surface area contributed by atoms with Gasteiger partial charge in [-0.25, -0.2) is 32.9 Å². The molecule has 1 N–H and O–H groups in total. The molecule has 5 aromatic rings. The fourth-order valence-electron chi connectivity index (χ4n) is 5.70. The third-order valence-corrected chi connectivity index (χ3v) is 8.00. The van der Waals surface area contributed by atoms with E-state index in [0.29, 0.717) is 5.75 Å². The van der Waals surface area contributed by atoms with E-state index in [0.717, 1.165) is 49.3 Å². The van der Waals surface area contributed by atoms with Crippen LogP contribution >= 0.6 is 0 Å². The molecule has 2 fully saturated rings. The Hall–Kier alpha value is -5.08. The van der Waals surface area contributed by atoms with E-state index >= 15 is 0 Å². The molecule has 2 aromatic heterocycles. The molecule has 232 valence electrons. The van der Waals surface area contributed by atoms with E-state index in [-0.39, 0.29) is 31.0 Å². The summed E-state index contributed by atoms with van der Waals surface area (Å²) < 4.78 is 49.6. The molecule has 4 heterocycles. The van der Waals surface area contributed by atoms with Crippen molar-refractivity contribution in [3.05, 3.63) is 113 Å². The summed E-state index contributed by atoms with van der Waals surface area (Å²) in [5, 5.41) is 10.3. The average Bonchev–Trinajstić information content (AvgIpc) is 3.83. The first-order valence-corrected chi connectivity index (χ1v) is 14.5. The van der Waals surface area contributed by atoms with Crippen LogP contribution in [-0.2, 0) is 21.8 Å². The van der Waals surface area contributed by atoms with Crippen molar-refractivity contribution in [1.82, 2.24) is 29.5 Å². The molecule has 45 heavy (non-hydrogen) atoms. The van der Waals surface area contributed by atoms with Crippen LogP contribution in [0.15, 0.2) is 90.5 Å². The van der Waals surface area contributed by atoms with Crippen LogP contribution in [0.4, 0.5) is 20.2 Å². The molecule has 2 unspecified atom stereocenters. The topological polar surface area (TPSA) is 116 Å². The Morgan fingerprint density at radius 3 is 2.22 bits per heavy atom. The molecule has 0 bridgehead atoms. The molecule has 14 heteroatoms. The molecule has 12 nitrogen and oxygen atoms in total. The van der Waals surface area contributed by atoms with Crippen molar-refractivity contribution in [2.75, 3.05) is 49.2 Å². The van der Waals surface area contributed by atoms with Crippen molar-refractivity contribution in [3.8, 4) is 11.4 Å². The van der Waals surface area contributed by atoms with E-state index in [2.05, 4.69) is 30.1 Å². The summed E-state index contributed by atoms with van der Waals surface area (Å²) in [6.07, 6.45) is 3.81. The second-order valence-electron chi connectivity index (χ2n) is 10.8. The zero-order valence-electron chi connectivity index (χ0n) is 24.1. The van der Waals surface area contributed by atoms with E-state index < -0.39 is 23.5 Å². The standard InChI is InChI=1S/C31H30F2N8O4/c32-22-1-10-28(29(33)15-22)31(18-40-20-34-19-36-40)44-17-27(45-31)16-43-26-8-6-24(7-9-26)39-13-11-38(12-14-39)23-2-4-25(5-3-23)41-21-35-37-30(41)42/h1-10,15,19-21,27H,11-14,16-18H2,(H,37,42). The highest BCUT2D eigenvalue weighted by Crippen LogP contribution is 2.38. The number of benzene rings is 3. The molecule has 2 aliphatic rings. The number of piperazine rings is 1. The van der Waals surface area contributed by atoms with Gasteiger partial charge in [-0.3, -0.25) is 0 Å². The number of nitrogens with one attached hydrogen (secondary N) is 1. The summed E-state index contributed by atoms with van der Waals surface area (Å²) in [5.41, 5.74) is 2.77. The zero-order valence-corrected chi connectivity index (χ0v) is 24.1. The van der Waals surface area contributed by atoms with Crippen molar-refractivity contribution in [1.29, 1.82) is 0 Å². The van der Waals surface area contributed by atoms with Gasteiger partial charge in [-0.15, -0.1) is 0 Å². The summed E-state index contributed by atoms with van der Waals surface area (Å²) >= 11 is 0. The second-order valence-corrected chi connectivity index (χ2v) is 10.8. The zero-order chi connectivity index (χ0) is 30.8. The molecule has 0 spiro atoms. The van der Waals surface area contributed by atoms with Crippen LogP contribution in [-0.4, -0.2) is 75.0 Å². The van der Waals surface area contributed by atoms with Gasteiger partial charge in [-0.1, -0.05) is 0 Å². The molecule has 0 amide bonds. The lowest BCUT2D eigenvalue weighted by Crippen LogP contribution is -2.46. The van der Waals surface area contributed by atoms with E-state index in [1.165, 1.54) is 40.4 Å². The van der Waals surface area contributed by atoms with Gasteiger partial charge >= 0.3 is 5.69 Å². The highest BCUT2D eigenvalue weighted by Gasteiger charge is 2.46. The molecule has 2 aliphatic heterocycles. The summed E-state index contributed by atoms with van der Waals surface area (Å²) in [6.45, 7) is 3.77. The quantitative estimate of drug-likeness (QED) is 0.267. The van der Waals surface area contributed by atoms with Crippen molar-refractivity contribution in [2.45, 2.75) is 18.4 Å². The minimum absolute atomic E-state index is 0.0337. The first-order chi connectivity index (χ1) is 22.0. The Morgan fingerprint density at radius 1 is 0.911 bits per heavy atom. The number of halogens is 2. The number of aromatic amines is 1. The van der Waals surface area contributed by atoms with E-state index in [1.54, 1.807) is 0 Å². The monoisotopic (exact) mass is 616 g/mol. The van der Waals surface area contributed by atoms with Crippen molar-refractivity contribution in [3.63, 3.8) is 0 Å². The van der Waals surface area contributed by atoms with Crippen LogP contribution in [0.25, 0.3) is 5.69 Å². The van der Waals surface area contributed by atoms with Gasteiger partial charge in [0.15, 0.2) is 0 Å². The summed E-state index contributed by atoms with van der Waals surface area (Å²) in [5.74, 6) is -2.30. The number of hydrogen-bond donors (Lipinski definition) is 1.